The maximum Gasteiger partial charge on any atom is 0.0843 e. The van der Waals surface area contributed by atoms with Crippen molar-refractivity contribution in [2.24, 2.45) is 5.73 Å². The van der Waals surface area contributed by atoms with Crippen molar-refractivity contribution >= 4 is 0 Å². The van der Waals surface area contributed by atoms with E-state index in [0.717, 1.165) is 13.0 Å². The molecule has 0 aromatic heterocycles. The maximum atomic E-state index is 8.93. The van der Waals surface area contributed by atoms with Crippen LogP contribution in [-0.4, -0.2) is 24.4 Å². The number of nitrogens with two attached hydrogens (primary N) is 1. The molecule has 0 radical (unpaired) electrons. The molecule has 0 spiro atoms. The Hall–Kier alpha value is -0.900. The molecule has 1 aliphatic rings. The van der Waals surface area contributed by atoms with Crippen molar-refractivity contribution in [2.45, 2.75) is 25.0 Å². The Balaban J connectivity index is 2.15. The highest BCUT2D eigenvalue weighted by Gasteiger charge is 2.22. The van der Waals surface area contributed by atoms with E-state index in [2.05, 4.69) is 12.1 Å². The normalized spacial score (nSPS) is 22.1. The highest BCUT2D eigenvalue weighted by atomic mass is 16.5. The second kappa shape index (κ2) is 4.75. The Morgan fingerprint density at radius 1 is 1.47 bits per heavy atom. The third-order valence-corrected chi connectivity index (χ3v) is 2.84. The van der Waals surface area contributed by atoms with Gasteiger partial charge >= 0.3 is 0 Å². The average molecular weight is 207 g/mol. The molecule has 1 aromatic rings. The standard InChI is InChI=1S/C12H17NO2/c13-10(8-14)7-12-11-4-2-1-3-9(11)5-6-15-12/h1-4,10,12,14H,5-8,13H2. The van der Waals surface area contributed by atoms with Gasteiger partial charge < -0.3 is 15.6 Å². The fourth-order valence-electron chi connectivity index (χ4n) is 2.02. The molecule has 0 aliphatic carbocycles. The first-order chi connectivity index (χ1) is 7.31. The van der Waals surface area contributed by atoms with Crippen LogP contribution in [0.4, 0.5) is 0 Å². The van der Waals surface area contributed by atoms with Crippen molar-refractivity contribution < 1.29 is 9.84 Å². The summed E-state index contributed by atoms with van der Waals surface area (Å²) >= 11 is 0. The molecule has 3 nitrogen and oxygen atoms in total. The van der Waals surface area contributed by atoms with Crippen molar-refractivity contribution in [3.63, 3.8) is 0 Å². The number of hydrogen-bond acceptors (Lipinski definition) is 3. The summed E-state index contributed by atoms with van der Waals surface area (Å²) in [6.45, 7) is 0.766. The van der Waals surface area contributed by atoms with Crippen LogP contribution in [0.25, 0.3) is 0 Å². The summed E-state index contributed by atoms with van der Waals surface area (Å²) in [6, 6.07) is 8.10. The second-order valence-corrected chi connectivity index (χ2v) is 3.99. The first-order valence-corrected chi connectivity index (χ1v) is 5.37. The number of rotatable bonds is 3. The SMILES string of the molecule is NC(CO)CC1OCCc2ccccc21. The van der Waals surface area contributed by atoms with E-state index in [1.165, 1.54) is 11.1 Å². The molecule has 15 heavy (non-hydrogen) atoms. The lowest BCUT2D eigenvalue weighted by Crippen LogP contribution is -2.29. The zero-order chi connectivity index (χ0) is 10.7. The highest BCUT2D eigenvalue weighted by molar-refractivity contribution is 5.30. The minimum atomic E-state index is -0.193. The summed E-state index contributed by atoms with van der Waals surface area (Å²) in [6.07, 6.45) is 1.71. The quantitative estimate of drug-likeness (QED) is 0.777. The number of benzene rings is 1. The van der Waals surface area contributed by atoms with E-state index < -0.39 is 0 Å². The van der Waals surface area contributed by atoms with Crippen LogP contribution in [0.3, 0.4) is 0 Å². The van der Waals surface area contributed by atoms with E-state index in [-0.39, 0.29) is 18.8 Å². The Morgan fingerprint density at radius 2 is 2.27 bits per heavy atom. The summed E-state index contributed by atoms with van der Waals surface area (Å²) in [5.74, 6) is 0. The number of aliphatic hydroxyl groups is 1. The second-order valence-electron chi connectivity index (χ2n) is 3.99. The van der Waals surface area contributed by atoms with Gasteiger partial charge in [-0.25, -0.2) is 0 Å². The third-order valence-electron chi connectivity index (χ3n) is 2.84. The monoisotopic (exact) mass is 207 g/mol. The van der Waals surface area contributed by atoms with Gasteiger partial charge in [0.25, 0.3) is 0 Å². The molecule has 1 heterocycles. The Kier molecular flexibility index (Phi) is 3.36. The van der Waals surface area contributed by atoms with E-state index >= 15 is 0 Å². The molecule has 0 bridgehead atoms. The molecule has 3 N–H and O–H groups in total. The predicted molar refractivity (Wildman–Crippen MR) is 58.5 cm³/mol. The average Bonchev–Trinajstić information content (AvgIpc) is 2.29. The van der Waals surface area contributed by atoms with E-state index in [9.17, 15) is 0 Å². The van der Waals surface area contributed by atoms with Crippen LogP contribution in [0.5, 0.6) is 0 Å². The van der Waals surface area contributed by atoms with Crippen LogP contribution < -0.4 is 5.73 Å². The van der Waals surface area contributed by atoms with Crippen LogP contribution in [0.1, 0.15) is 23.7 Å². The first kappa shape index (κ1) is 10.6. The lowest BCUT2D eigenvalue weighted by Gasteiger charge is -2.27. The van der Waals surface area contributed by atoms with Crippen molar-refractivity contribution in [1.29, 1.82) is 0 Å². The summed E-state index contributed by atoms with van der Waals surface area (Å²) < 4.78 is 5.69. The van der Waals surface area contributed by atoms with Gasteiger partial charge in [0.15, 0.2) is 0 Å². The smallest absolute Gasteiger partial charge is 0.0843 e. The molecule has 82 valence electrons. The largest absolute Gasteiger partial charge is 0.395 e. The molecule has 2 unspecified atom stereocenters. The lowest BCUT2D eigenvalue weighted by atomic mass is 9.94. The van der Waals surface area contributed by atoms with Crippen molar-refractivity contribution in [3.05, 3.63) is 35.4 Å². The topological polar surface area (TPSA) is 55.5 Å². The summed E-state index contributed by atoms with van der Waals surface area (Å²) in [5.41, 5.74) is 8.31. The molecule has 1 aromatic carbocycles. The molecule has 0 fully saturated rings. The molecule has 0 saturated heterocycles. The predicted octanol–water partition coefficient (Wildman–Crippen LogP) is 1.01. The summed E-state index contributed by atoms with van der Waals surface area (Å²) in [5, 5.41) is 8.93. The van der Waals surface area contributed by atoms with E-state index in [0.29, 0.717) is 6.42 Å². The minimum Gasteiger partial charge on any atom is -0.395 e. The van der Waals surface area contributed by atoms with Gasteiger partial charge in [-0.2, -0.15) is 0 Å². The maximum absolute atomic E-state index is 8.93. The molecule has 2 rings (SSSR count). The number of hydrogen-bond donors (Lipinski definition) is 2. The fourth-order valence-corrected chi connectivity index (χ4v) is 2.02. The Morgan fingerprint density at radius 3 is 3.07 bits per heavy atom. The first-order valence-electron chi connectivity index (χ1n) is 5.37. The molecule has 0 amide bonds. The van der Waals surface area contributed by atoms with Crippen molar-refractivity contribution in [2.75, 3.05) is 13.2 Å². The molecule has 0 saturated carbocycles. The van der Waals surface area contributed by atoms with Gasteiger partial charge in [0, 0.05) is 6.04 Å². The lowest BCUT2D eigenvalue weighted by molar-refractivity contribution is 0.0279. The fraction of sp³-hybridized carbons (Fsp3) is 0.500. The zero-order valence-corrected chi connectivity index (χ0v) is 8.73. The number of aliphatic hydroxyl groups excluding tert-OH is 1. The van der Waals surface area contributed by atoms with Crippen molar-refractivity contribution in [1.82, 2.24) is 0 Å². The van der Waals surface area contributed by atoms with Crippen LogP contribution in [-0.2, 0) is 11.2 Å². The third kappa shape index (κ3) is 2.37. The van der Waals surface area contributed by atoms with Gasteiger partial charge in [0.05, 0.1) is 19.3 Å². The molecule has 1 aliphatic heterocycles. The summed E-state index contributed by atoms with van der Waals surface area (Å²) in [4.78, 5) is 0. The Labute approximate surface area is 89.9 Å². The Bertz CT molecular complexity index is 327. The molecular weight excluding hydrogens is 190 g/mol. The van der Waals surface area contributed by atoms with Crippen LogP contribution in [0.2, 0.25) is 0 Å². The van der Waals surface area contributed by atoms with Gasteiger partial charge in [-0.1, -0.05) is 24.3 Å². The van der Waals surface area contributed by atoms with Gasteiger partial charge in [-0.05, 0) is 24.0 Å². The van der Waals surface area contributed by atoms with Gasteiger partial charge in [0.2, 0.25) is 0 Å². The highest BCUT2D eigenvalue weighted by Crippen LogP contribution is 2.29. The number of fused-ring (bicyclic) bond motifs is 1. The molecule has 3 heteroatoms. The van der Waals surface area contributed by atoms with Crippen LogP contribution >= 0.6 is 0 Å². The van der Waals surface area contributed by atoms with E-state index in [4.69, 9.17) is 15.6 Å². The summed E-state index contributed by atoms with van der Waals surface area (Å²) in [7, 11) is 0. The van der Waals surface area contributed by atoms with Gasteiger partial charge in [-0.3, -0.25) is 0 Å². The minimum absolute atomic E-state index is 0.0159. The van der Waals surface area contributed by atoms with Crippen LogP contribution in [0, 0.1) is 0 Å². The van der Waals surface area contributed by atoms with Gasteiger partial charge in [-0.15, -0.1) is 0 Å². The van der Waals surface area contributed by atoms with Gasteiger partial charge in [0.1, 0.15) is 0 Å². The van der Waals surface area contributed by atoms with Crippen molar-refractivity contribution in [3.8, 4) is 0 Å². The van der Waals surface area contributed by atoms with E-state index in [1.54, 1.807) is 0 Å². The van der Waals surface area contributed by atoms with Crippen LogP contribution in [0.15, 0.2) is 24.3 Å². The molecule has 2 atom stereocenters. The zero-order valence-electron chi connectivity index (χ0n) is 8.73. The van der Waals surface area contributed by atoms with E-state index in [1.807, 2.05) is 12.1 Å². The number of ether oxygens (including phenoxy) is 1. The molecular formula is C12H17NO2.